The van der Waals surface area contributed by atoms with E-state index in [-0.39, 0.29) is 5.91 Å². The number of carbonyl (C=O) groups is 1. The van der Waals surface area contributed by atoms with E-state index in [1.54, 1.807) is 11.0 Å². The molecule has 2 rings (SSSR count). The SMILES string of the molecule is C=C(C)CN1C(=O)C(CC)(CC)Oc2cccc(N)c21. The van der Waals surface area contributed by atoms with Crippen LogP contribution in [0.4, 0.5) is 11.4 Å². The lowest BCUT2D eigenvalue weighted by molar-refractivity contribution is -0.136. The zero-order valence-electron chi connectivity index (χ0n) is 12.4. The molecule has 0 aromatic heterocycles. The molecule has 1 amide bonds. The van der Waals surface area contributed by atoms with Crippen LogP contribution in [-0.4, -0.2) is 18.1 Å². The Morgan fingerprint density at radius 3 is 2.60 bits per heavy atom. The fourth-order valence-corrected chi connectivity index (χ4v) is 2.63. The number of anilines is 2. The third kappa shape index (κ3) is 2.15. The average Bonchev–Trinajstić information content (AvgIpc) is 2.41. The molecule has 0 fully saturated rings. The van der Waals surface area contributed by atoms with Gasteiger partial charge in [0.1, 0.15) is 11.4 Å². The highest BCUT2D eigenvalue weighted by Crippen LogP contribution is 2.43. The van der Waals surface area contributed by atoms with Gasteiger partial charge in [-0.25, -0.2) is 0 Å². The molecule has 4 heteroatoms. The lowest BCUT2D eigenvalue weighted by Crippen LogP contribution is -2.56. The second-order valence-electron chi connectivity index (χ2n) is 5.35. The van der Waals surface area contributed by atoms with Gasteiger partial charge in [-0.1, -0.05) is 32.1 Å². The van der Waals surface area contributed by atoms with Gasteiger partial charge in [0.15, 0.2) is 5.60 Å². The molecule has 0 saturated heterocycles. The first-order valence-corrected chi connectivity index (χ1v) is 6.99. The molecule has 108 valence electrons. The summed E-state index contributed by atoms with van der Waals surface area (Å²) in [6, 6.07) is 5.49. The molecule has 0 radical (unpaired) electrons. The van der Waals surface area contributed by atoms with Gasteiger partial charge in [-0.15, -0.1) is 0 Å². The molecule has 0 spiro atoms. The average molecular weight is 274 g/mol. The predicted octanol–water partition coefficient (Wildman–Crippen LogP) is 3.13. The number of amides is 1. The van der Waals surface area contributed by atoms with Gasteiger partial charge in [-0.05, 0) is 31.9 Å². The van der Waals surface area contributed by atoms with E-state index in [0.717, 1.165) is 5.57 Å². The van der Waals surface area contributed by atoms with Gasteiger partial charge < -0.3 is 10.5 Å². The predicted molar refractivity (Wildman–Crippen MR) is 82.0 cm³/mol. The van der Waals surface area contributed by atoms with Crippen LogP contribution in [0.2, 0.25) is 0 Å². The highest BCUT2D eigenvalue weighted by atomic mass is 16.5. The first-order valence-electron chi connectivity index (χ1n) is 6.99. The fourth-order valence-electron chi connectivity index (χ4n) is 2.63. The van der Waals surface area contributed by atoms with Gasteiger partial charge in [0.25, 0.3) is 5.91 Å². The van der Waals surface area contributed by atoms with Gasteiger partial charge >= 0.3 is 0 Å². The van der Waals surface area contributed by atoms with Crippen molar-refractivity contribution in [3.63, 3.8) is 0 Å². The number of hydrogen-bond acceptors (Lipinski definition) is 3. The minimum Gasteiger partial charge on any atom is -0.475 e. The minimum absolute atomic E-state index is 0.0316. The van der Waals surface area contributed by atoms with Crippen molar-refractivity contribution in [2.24, 2.45) is 0 Å². The largest absolute Gasteiger partial charge is 0.475 e. The topological polar surface area (TPSA) is 55.6 Å². The van der Waals surface area contributed by atoms with Crippen LogP contribution in [0.25, 0.3) is 0 Å². The number of carbonyl (C=O) groups excluding carboxylic acids is 1. The van der Waals surface area contributed by atoms with Crippen molar-refractivity contribution in [2.75, 3.05) is 17.2 Å². The van der Waals surface area contributed by atoms with E-state index in [0.29, 0.717) is 36.5 Å². The standard InChI is InChI=1S/C16H22N2O2/c1-5-16(6-2)15(19)18(10-11(3)4)14-12(17)8-7-9-13(14)20-16/h7-9H,3,5-6,10,17H2,1-2,4H3. The Kier molecular flexibility index (Phi) is 3.75. The van der Waals surface area contributed by atoms with Gasteiger partial charge in [0.05, 0.1) is 5.69 Å². The number of para-hydroxylation sites is 1. The summed E-state index contributed by atoms with van der Waals surface area (Å²) in [6.45, 7) is 10.2. The van der Waals surface area contributed by atoms with E-state index in [2.05, 4.69) is 6.58 Å². The van der Waals surface area contributed by atoms with E-state index < -0.39 is 5.60 Å². The van der Waals surface area contributed by atoms with Gasteiger partial charge in [0, 0.05) is 6.54 Å². The maximum atomic E-state index is 12.9. The molecular weight excluding hydrogens is 252 g/mol. The molecule has 1 aromatic rings. The smallest absolute Gasteiger partial charge is 0.271 e. The summed E-state index contributed by atoms with van der Waals surface area (Å²) < 4.78 is 6.02. The number of fused-ring (bicyclic) bond motifs is 1. The molecular formula is C16H22N2O2. The van der Waals surface area contributed by atoms with Crippen LogP contribution < -0.4 is 15.4 Å². The van der Waals surface area contributed by atoms with Gasteiger partial charge in [-0.3, -0.25) is 9.69 Å². The van der Waals surface area contributed by atoms with Crippen molar-refractivity contribution in [1.29, 1.82) is 0 Å². The summed E-state index contributed by atoms with van der Waals surface area (Å²) in [7, 11) is 0. The van der Waals surface area contributed by atoms with Crippen LogP contribution in [0.15, 0.2) is 30.4 Å². The lowest BCUT2D eigenvalue weighted by Gasteiger charge is -2.42. The van der Waals surface area contributed by atoms with Crippen molar-refractivity contribution in [3.05, 3.63) is 30.4 Å². The number of benzene rings is 1. The van der Waals surface area contributed by atoms with E-state index in [9.17, 15) is 4.79 Å². The fraction of sp³-hybridized carbons (Fsp3) is 0.438. The van der Waals surface area contributed by atoms with Crippen LogP contribution >= 0.6 is 0 Å². The first-order chi connectivity index (χ1) is 9.45. The number of rotatable bonds is 4. The van der Waals surface area contributed by atoms with Crippen molar-refractivity contribution in [3.8, 4) is 5.75 Å². The van der Waals surface area contributed by atoms with E-state index in [4.69, 9.17) is 10.5 Å². The Balaban J connectivity index is 2.59. The van der Waals surface area contributed by atoms with Crippen LogP contribution in [0.1, 0.15) is 33.6 Å². The number of nitrogen functional groups attached to an aromatic ring is 1. The maximum Gasteiger partial charge on any atom is 0.271 e. The summed E-state index contributed by atoms with van der Waals surface area (Å²) in [6.07, 6.45) is 1.26. The molecule has 0 atom stereocenters. The van der Waals surface area contributed by atoms with Crippen molar-refractivity contribution in [1.82, 2.24) is 0 Å². The maximum absolute atomic E-state index is 12.9. The van der Waals surface area contributed by atoms with Crippen LogP contribution in [0, 0.1) is 0 Å². The molecule has 0 bridgehead atoms. The highest BCUT2D eigenvalue weighted by molar-refractivity contribution is 6.05. The highest BCUT2D eigenvalue weighted by Gasteiger charge is 2.46. The van der Waals surface area contributed by atoms with Crippen molar-refractivity contribution >= 4 is 17.3 Å². The van der Waals surface area contributed by atoms with Gasteiger partial charge in [0.2, 0.25) is 0 Å². The summed E-state index contributed by atoms with van der Waals surface area (Å²) in [5, 5.41) is 0. The minimum atomic E-state index is -0.795. The second kappa shape index (κ2) is 5.19. The van der Waals surface area contributed by atoms with E-state index in [1.807, 2.05) is 32.9 Å². The molecule has 1 heterocycles. The number of hydrogen-bond donors (Lipinski definition) is 1. The molecule has 1 aliphatic heterocycles. The Morgan fingerprint density at radius 1 is 1.40 bits per heavy atom. The first kappa shape index (κ1) is 14.4. The Labute approximate surface area is 120 Å². The molecule has 0 saturated carbocycles. The van der Waals surface area contributed by atoms with Crippen molar-refractivity contribution < 1.29 is 9.53 Å². The lowest BCUT2D eigenvalue weighted by atomic mass is 9.92. The molecule has 2 N–H and O–H groups in total. The second-order valence-corrected chi connectivity index (χ2v) is 5.35. The monoisotopic (exact) mass is 274 g/mol. The van der Waals surface area contributed by atoms with E-state index in [1.165, 1.54) is 0 Å². The third-order valence-electron chi connectivity index (χ3n) is 3.81. The molecule has 1 aromatic carbocycles. The Bertz CT molecular complexity index is 547. The van der Waals surface area contributed by atoms with Crippen LogP contribution in [-0.2, 0) is 4.79 Å². The quantitative estimate of drug-likeness (QED) is 0.678. The molecule has 4 nitrogen and oxygen atoms in total. The van der Waals surface area contributed by atoms with Gasteiger partial charge in [-0.2, -0.15) is 0 Å². The number of nitrogens with two attached hydrogens (primary N) is 1. The molecule has 0 unspecified atom stereocenters. The summed E-state index contributed by atoms with van der Waals surface area (Å²) in [4.78, 5) is 14.6. The summed E-state index contributed by atoms with van der Waals surface area (Å²) >= 11 is 0. The molecule has 20 heavy (non-hydrogen) atoms. The third-order valence-corrected chi connectivity index (χ3v) is 3.81. The normalized spacial score (nSPS) is 16.6. The Hall–Kier alpha value is -1.97. The summed E-state index contributed by atoms with van der Waals surface area (Å²) in [5.74, 6) is 0.644. The zero-order chi connectivity index (χ0) is 14.9. The van der Waals surface area contributed by atoms with Crippen LogP contribution in [0.5, 0.6) is 5.75 Å². The molecule has 0 aliphatic carbocycles. The Morgan fingerprint density at radius 2 is 2.05 bits per heavy atom. The zero-order valence-corrected chi connectivity index (χ0v) is 12.4. The summed E-state index contributed by atoms with van der Waals surface area (Å²) in [5.41, 5.74) is 7.37. The number of ether oxygens (including phenoxy) is 1. The van der Waals surface area contributed by atoms with E-state index >= 15 is 0 Å². The number of nitrogens with zero attached hydrogens (tertiary/aromatic N) is 1. The van der Waals surface area contributed by atoms with Crippen LogP contribution in [0.3, 0.4) is 0 Å². The van der Waals surface area contributed by atoms with Crippen molar-refractivity contribution in [2.45, 2.75) is 39.2 Å². The molecule has 1 aliphatic rings.